The summed E-state index contributed by atoms with van der Waals surface area (Å²) in [5.74, 6) is -0.538. The predicted octanol–water partition coefficient (Wildman–Crippen LogP) is 0.826. The lowest BCUT2D eigenvalue weighted by Crippen LogP contribution is -2.48. The second-order valence-corrected chi connectivity index (χ2v) is 11.2. The highest BCUT2D eigenvalue weighted by molar-refractivity contribution is 7.89. The molecule has 0 saturated carbocycles. The van der Waals surface area contributed by atoms with E-state index in [1.54, 1.807) is 6.92 Å². The molecular formula is C20H35N5O5S. The van der Waals surface area contributed by atoms with Crippen LogP contribution in [0.5, 0.6) is 0 Å². The van der Waals surface area contributed by atoms with E-state index < -0.39 is 27.2 Å². The van der Waals surface area contributed by atoms with Gasteiger partial charge in [0.2, 0.25) is 15.9 Å². The lowest BCUT2D eigenvalue weighted by Gasteiger charge is -2.34. The smallest absolute Gasteiger partial charge is 0.330 e. The largest absolute Gasteiger partial charge is 0.383 e. The summed E-state index contributed by atoms with van der Waals surface area (Å²) in [7, 11) is -3.30. The third-order valence-electron chi connectivity index (χ3n) is 5.41. The van der Waals surface area contributed by atoms with Gasteiger partial charge in [0.1, 0.15) is 5.82 Å². The Hall–Kier alpha value is -2.14. The molecule has 1 aliphatic rings. The van der Waals surface area contributed by atoms with Gasteiger partial charge < -0.3 is 10.6 Å². The van der Waals surface area contributed by atoms with E-state index in [1.165, 1.54) is 13.8 Å². The van der Waals surface area contributed by atoms with Crippen molar-refractivity contribution in [2.24, 2.45) is 17.8 Å². The molecule has 0 spiro atoms. The molecular weight excluding hydrogens is 422 g/mol. The van der Waals surface area contributed by atoms with Gasteiger partial charge in [-0.25, -0.2) is 17.5 Å². The number of sulfonamides is 1. The number of amides is 1. The average molecular weight is 458 g/mol. The van der Waals surface area contributed by atoms with Crippen LogP contribution in [0.1, 0.15) is 47.5 Å². The number of hydrogen-bond donors (Lipinski definition) is 2. The number of nitrogens with zero attached hydrogens (tertiary/aromatic N) is 3. The van der Waals surface area contributed by atoms with Gasteiger partial charge in [0, 0.05) is 32.1 Å². The Morgan fingerprint density at radius 3 is 2.23 bits per heavy atom. The zero-order valence-electron chi connectivity index (χ0n) is 19.1. The van der Waals surface area contributed by atoms with Gasteiger partial charge in [0.25, 0.3) is 5.56 Å². The number of carbonyl (C=O) groups excluding carboxylic acids is 1. The number of H-pyrrole nitrogens is 1. The van der Waals surface area contributed by atoms with Crippen LogP contribution in [0, 0.1) is 17.8 Å². The van der Waals surface area contributed by atoms with E-state index in [0.29, 0.717) is 19.4 Å². The van der Waals surface area contributed by atoms with Crippen molar-refractivity contribution in [3.05, 3.63) is 20.8 Å². The Balaban J connectivity index is 2.40. The summed E-state index contributed by atoms with van der Waals surface area (Å²) in [5, 5.41) is 0. The third-order valence-corrected chi connectivity index (χ3v) is 7.29. The molecule has 0 atom stereocenters. The molecule has 11 heteroatoms. The van der Waals surface area contributed by atoms with Crippen LogP contribution >= 0.6 is 0 Å². The molecule has 1 aliphatic heterocycles. The Bertz CT molecular complexity index is 1000. The van der Waals surface area contributed by atoms with Crippen molar-refractivity contribution in [3.8, 4) is 0 Å². The molecule has 0 radical (unpaired) electrons. The molecule has 10 nitrogen and oxygen atoms in total. The van der Waals surface area contributed by atoms with Gasteiger partial charge in [-0.1, -0.05) is 27.7 Å². The maximum absolute atomic E-state index is 13.4. The molecule has 31 heavy (non-hydrogen) atoms. The minimum Gasteiger partial charge on any atom is -0.383 e. The van der Waals surface area contributed by atoms with Crippen LogP contribution < -0.4 is 21.9 Å². The molecule has 176 valence electrons. The average Bonchev–Trinajstić information content (AvgIpc) is 2.69. The number of nitrogens with two attached hydrogens (primary N) is 1. The van der Waals surface area contributed by atoms with Crippen LogP contribution in [0.25, 0.3) is 0 Å². The van der Waals surface area contributed by atoms with Crippen molar-refractivity contribution in [2.45, 2.75) is 54.0 Å². The van der Waals surface area contributed by atoms with E-state index in [0.717, 1.165) is 0 Å². The highest BCUT2D eigenvalue weighted by Gasteiger charge is 2.35. The number of aromatic amines is 1. The number of nitrogens with one attached hydrogen (secondary N) is 1. The first-order chi connectivity index (χ1) is 14.4. The lowest BCUT2D eigenvalue weighted by atomic mass is 9.96. The van der Waals surface area contributed by atoms with Crippen molar-refractivity contribution >= 4 is 27.4 Å². The summed E-state index contributed by atoms with van der Waals surface area (Å²) in [4.78, 5) is 42.1. The topological polar surface area (TPSA) is 139 Å². The fraction of sp³-hybridized carbons (Fsp3) is 0.750. The molecule has 2 rings (SSSR count). The molecule has 1 amide bonds. The highest BCUT2D eigenvalue weighted by Crippen LogP contribution is 2.26. The maximum atomic E-state index is 13.4. The van der Waals surface area contributed by atoms with Gasteiger partial charge in [-0.05, 0) is 31.6 Å². The number of carbonyl (C=O) groups is 1. The zero-order chi connectivity index (χ0) is 23.5. The molecule has 0 bridgehead atoms. The quantitative estimate of drug-likeness (QED) is 0.593. The fourth-order valence-corrected chi connectivity index (χ4v) is 4.96. The Morgan fingerprint density at radius 2 is 1.74 bits per heavy atom. The number of nitrogen functional groups attached to an aromatic ring is 1. The second-order valence-electron chi connectivity index (χ2n) is 8.91. The summed E-state index contributed by atoms with van der Waals surface area (Å²) >= 11 is 0. The summed E-state index contributed by atoms with van der Waals surface area (Å²) in [5.41, 5.74) is 4.93. The van der Waals surface area contributed by atoms with Crippen molar-refractivity contribution in [1.82, 2.24) is 13.9 Å². The van der Waals surface area contributed by atoms with E-state index in [9.17, 15) is 22.8 Å². The SMILES string of the molecule is CCS(=O)(=O)N1CCC(C(=O)N(CC(C)C)c2c(N)n(CC(C)C)c(=O)[nH]c2=O)CC1. The second kappa shape index (κ2) is 9.99. The van der Waals surface area contributed by atoms with Gasteiger partial charge in [0.15, 0.2) is 5.69 Å². The van der Waals surface area contributed by atoms with Crippen LogP contribution in [-0.4, -0.2) is 53.6 Å². The number of piperidine rings is 1. The fourth-order valence-electron chi connectivity index (χ4n) is 3.83. The lowest BCUT2D eigenvalue weighted by molar-refractivity contribution is -0.123. The Morgan fingerprint density at radius 1 is 1.16 bits per heavy atom. The molecule has 0 aromatic carbocycles. The van der Waals surface area contributed by atoms with E-state index in [-0.39, 0.29) is 54.6 Å². The predicted molar refractivity (Wildman–Crippen MR) is 122 cm³/mol. The molecule has 1 fully saturated rings. The molecule has 2 heterocycles. The Labute approximate surface area is 183 Å². The van der Waals surface area contributed by atoms with Crippen LogP contribution in [-0.2, 0) is 21.4 Å². The van der Waals surface area contributed by atoms with Gasteiger partial charge in [-0.3, -0.25) is 19.1 Å². The van der Waals surface area contributed by atoms with Crippen molar-refractivity contribution in [2.75, 3.05) is 36.0 Å². The molecule has 0 aliphatic carbocycles. The molecule has 1 saturated heterocycles. The highest BCUT2D eigenvalue weighted by atomic mass is 32.2. The number of aromatic nitrogens is 2. The van der Waals surface area contributed by atoms with Crippen molar-refractivity contribution in [3.63, 3.8) is 0 Å². The minimum absolute atomic E-state index is 0.0115. The normalized spacial score (nSPS) is 16.2. The summed E-state index contributed by atoms with van der Waals surface area (Å²) in [6.45, 7) is 10.4. The van der Waals surface area contributed by atoms with Crippen LogP contribution in [0.2, 0.25) is 0 Å². The minimum atomic E-state index is -3.30. The van der Waals surface area contributed by atoms with Gasteiger partial charge in [-0.2, -0.15) is 0 Å². The standard InChI is InChI=1S/C20H35N5O5S/c1-6-31(29,30)23-9-7-15(8-10-23)19(27)24(11-13(2)3)16-17(21)25(12-14(4)5)20(28)22-18(16)26/h13-15H,6-12,21H2,1-5H3,(H,22,26,28). The number of hydrogen-bond acceptors (Lipinski definition) is 6. The van der Waals surface area contributed by atoms with E-state index >= 15 is 0 Å². The maximum Gasteiger partial charge on any atom is 0.330 e. The van der Waals surface area contributed by atoms with E-state index in [4.69, 9.17) is 5.73 Å². The summed E-state index contributed by atoms with van der Waals surface area (Å²) in [6, 6.07) is 0. The molecule has 1 aromatic rings. The number of rotatable bonds is 8. The third kappa shape index (κ3) is 5.76. The monoisotopic (exact) mass is 457 g/mol. The van der Waals surface area contributed by atoms with Crippen LogP contribution in [0.3, 0.4) is 0 Å². The summed E-state index contributed by atoms with van der Waals surface area (Å²) < 4.78 is 26.9. The summed E-state index contributed by atoms with van der Waals surface area (Å²) in [6.07, 6.45) is 0.742. The zero-order valence-corrected chi connectivity index (χ0v) is 19.9. The van der Waals surface area contributed by atoms with Crippen molar-refractivity contribution < 1.29 is 13.2 Å². The molecule has 3 N–H and O–H groups in total. The number of anilines is 2. The van der Waals surface area contributed by atoms with Gasteiger partial charge in [-0.15, -0.1) is 0 Å². The molecule has 0 unspecified atom stereocenters. The van der Waals surface area contributed by atoms with E-state index in [2.05, 4.69) is 4.98 Å². The first kappa shape index (κ1) is 25.1. The van der Waals surface area contributed by atoms with Gasteiger partial charge in [0.05, 0.1) is 5.75 Å². The van der Waals surface area contributed by atoms with Crippen LogP contribution in [0.4, 0.5) is 11.5 Å². The molecule has 1 aromatic heterocycles. The van der Waals surface area contributed by atoms with Crippen LogP contribution in [0.15, 0.2) is 9.59 Å². The van der Waals surface area contributed by atoms with Crippen molar-refractivity contribution in [1.29, 1.82) is 0 Å². The first-order valence-electron chi connectivity index (χ1n) is 10.8. The van der Waals surface area contributed by atoms with Gasteiger partial charge >= 0.3 is 5.69 Å². The van der Waals surface area contributed by atoms with E-state index in [1.807, 2.05) is 27.7 Å². The first-order valence-corrected chi connectivity index (χ1v) is 12.4. The Kier molecular flexibility index (Phi) is 8.09.